The summed E-state index contributed by atoms with van der Waals surface area (Å²) in [6, 6.07) is 0.707. The van der Waals surface area contributed by atoms with Gasteiger partial charge in [-0.15, -0.1) is 11.8 Å². The number of fused-ring (bicyclic) bond motifs is 2. The topological polar surface area (TPSA) is 12.4 Å². The lowest BCUT2D eigenvalue weighted by Gasteiger charge is -2.38. The lowest BCUT2D eigenvalue weighted by Crippen LogP contribution is -2.38. The molecule has 2 heteroatoms. The third kappa shape index (κ3) is 1.62. The van der Waals surface area contributed by atoms with E-state index >= 15 is 0 Å². The van der Waals surface area contributed by atoms with Crippen LogP contribution < -0.4 is 0 Å². The van der Waals surface area contributed by atoms with Crippen molar-refractivity contribution in [2.75, 3.05) is 0 Å². The summed E-state index contributed by atoms with van der Waals surface area (Å²) in [5.74, 6) is 0. The third-order valence-corrected chi connectivity index (χ3v) is 5.60. The van der Waals surface area contributed by atoms with Crippen LogP contribution in [0.15, 0.2) is 4.99 Å². The van der Waals surface area contributed by atoms with Gasteiger partial charge in [-0.1, -0.05) is 19.3 Å². The Morgan fingerprint density at radius 1 is 1.00 bits per heavy atom. The van der Waals surface area contributed by atoms with Gasteiger partial charge in [0, 0.05) is 16.2 Å². The average molecular weight is 209 g/mol. The molecule has 1 aliphatic heterocycles. The Morgan fingerprint density at radius 2 is 1.86 bits per heavy atom. The largest absolute Gasteiger partial charge is 0.288 e. The first kappa shape index (κ1) is 9.26. The quantitative estimate of drug-likeness (QED) is 0.595. The zero-order valence-corrected chi connectivity index (χ0v) is 9.56. The number of nitrogens with zero attached hydrogens (tertiary/aromatic N) is 1. The summed E-state index contributed by atoms with van der Waals surface area (Å²) >= 11 is 2.27. The molecule has 0 radical (unpaired) electrons. The van der Waals surface area contributed by atoms with Crippen molar-refractivity contribution in [2.24, 2.45) is 4.99 Å². The minimum absolute atomic E-state index is 0.707. The van der Waals surface area contributed by atoms with Gasteiger partial charge in [-0.05, 0) is 32.1 Å². The van der Waals surface area contributed by atoms with Crippen molar-refractivity contribution in [3.8, 4) is 0 Å². The maximum Gasteiger partial charge on any atom is 0.0618 e. The average Bonchev–Trinajstić information content (AvgIpc) is 2.26. The van der Waals surface area contributed by atoms with Crippen molar-refractivity contribution in [3.63, 3.8) is 0 Å². The minimum atomic E-state index is 0.707. The molecule has 0 spiro atoms. The fraction of sp³-hybridized carbons (Fsp3) is 0.917. The highest BCUT2D eigenvalue weighted by molar-refractivity contribution is 8.01. The Balaban J connectivity index is 1.80. The van der Waals surface area contributed by atoms with Crippen molar-refractivity contribution in [3.05, 3.63) is 0 Å². The van der Waals surface area contributed by atoms with Gasteiger partial charge in [-0.2, -0.15) is 0 Å². The van der Waals surface area contributed by atoms with Gasteiger partial charge in [-0.25, -0.2) is 0 Å². The summed E-state index contributed by atoms with van der Waals surface area (Å²) in [6.07, 6.45) is 11.2. The number of rotatable bonds is 0. The van der Waals surface area contributed by atoms with Gasteiger partial charge in [0.25, 0.3) is 0 Å². The summed E-state index contributed by atoms with van der Waals surface area (Å²) in [5, 5.41) is 1.71. The highest BCUT2D eigenvalue weighted by atomic mass is 32.2. The van der Waals surface area contributed by atoms with Crippen LogP contribution in [0.3, 0.4) is 0 Å². The van der Waals surface area contributed by atoms with Crippen LogP contribution in [0.5, 0.6) is 0 Å². The molecule has 3 atom stereocenters. The Labute approximate surface area is 90.8 Å². The molecule has 0 aromatic heterocycles. The molecule has 1 nitrogen and oxygen atoms in total. The summed E-state index contributed by atoms with van der Waals surface area (Å²) in [6.45, 7) is 0. The first-order valence-electron chi connectivity index (χ1n) is 6.15. The predicted molar refractivity (Wildman–Crippen MR) is 63.3 cm³/mol. The SMILES string of the molecule is C1CC[C@@H]2S[C@H]3CCCC[C@H]3N=C2C1. The number of hydrogen-bond acceptors (Lipinski definition) is 2. The summed E-state index contributed by atoms with van der Waals surface area (Å²) in [4.78, 5) is 5.02. The third-order valence-electron chi connectivity index (χ3n) is 3.86. The lowest BCUT2D eigenvalue weighted by molar-refractivity contribution is 0.446. The molecule has 0 amide bonds. The van der Waals surface area contributed by atoms with Gasteiger partial charge >= 0.3 is 0 Å². The van der Waals surface area contributed by atoms with Crippen molar-refractivity contribution in [2.45, 2.75) is 67.9 Å². The predicted octanol–water partition coefficient (Wildman–Crippen LogP) is 3.43. The molecule has 0 unspecified atom stereocenters. The van der Waals surface area contributed by atoms with Crippen LogP contribution in [-0.2, 0) is 0 Å². The Morgan fingerprint density at radius 3 is 2.86 bits per heavy atom. The maximum atomic E-state index is 5.02. The van der Waals surface area contributed by atoms with Crippen LogP contribution in [0.25, 0.3) is 0 Å². The Bertz CT molecular complexity index is 249. The standard InChI is InChI=1S/C12H19NS/c1-3-7-11-9(5-1)13-10-6-2-4-8-12(10)14-11/h9,11-12H,1-8H2/t9-,11+,12+/m1/s1. The molecular formula is C12H19NS. The van der Waals surface area contributed by atoms with Crippen molar-refractivity contribution in [1.82, 2.24) is 0 Å². The van der Waals surface area contributed by atoms with Crippen LogP contribution in [0.4, 0.5) is 0 Å². The second kappa shape index (κ2) is 3.88. The molecule has 0 bridgehead atoms. The fourth-order valence-electron chi connectivity index (χ4n) is 3.07. The van der Waals surface area contributed by atoms with E-state index in [1.54, 1.807) is 5.71 Å². The molecule has 3 aliphatic rings. The van der Waals surface area contributed by atoms with Gasteiger partial charge in [0.1, 0.15) is 0 Å². The van der Waals surface area contributed by atoms with Gasteiger partial charge in [0.15, 0.2) is 0 Å². The molecule has 1 heterocycles. The van der Waals surface area contributed by atoms with Crippen molar-refractivity contribution in [1.29, 1.82) is 0 Å². The zero-order valence-electron chi connectivity index (χ0n) is 8.74. The van der Waals surface area contributed by atoms with E-state index in [-0.39, 0.29) is 0 Å². The first-order valence-corrected chi connectivity index (χ1v) is 7.10. The molecule has 0 N–H and O–H groups in total. The monoisotopic (exact) mass is 209 g/mol. The molecule has 14 heavy (non-hydrogen) atoms. The molecule has 3 rings (SSSR count). The molecule has 2 saturated carbocycles. The van der Waals surface area contributed by atoms with Crippen LogP contribution >= 0.6 is 11.8 Å². The summed E-state index contributed by atoms with van der Waals surface area (Å²) in [7, 11) is 0. The van der Waals surface area contributed by atoms with Crippen LogP contribution in [0, 0.1) is 0 Å². The number of hydrogen-bond donors (Lipinski definition) is 0. The summed E-state index contributed by atoms with van der Waals surface area (Å²) < 4.78 is 0. The molecule has 0 saturated heterocycles. The normalized spacial score (nSPS) is 42.3. The zero-order chi connectivity index (χ0) is 9.38. The van der Waals surface area contributed by atoms with Crippen LogP contribution in [-0.4, -0.2) is 22.3 Å². The van der Waals surface area contributed by atoms with E-state index in [0.717, 1.165) is 10.5 Å². The van der Waals surface area contributed by atoms with Crippen LogP contribution in [0.1, 0.15) is 51.4 Å². The van der Waals surface area contributed by atoms with Crippen molar-refractivity contribution < 1.29 is 0 Å². The van der Waals surface area contributed by atoms with Crippen LogP contribution in [0.2, 0.25) is 0 Å². The second-order valence-electron chi connectivity index (χ2n) is 4.88. The van der Waals surface area contributed by atoms with Gasteiger partial charge < -0.3 is 0 Å². The highest BCUT2D eigenvalue weighted by Gasteiger charge is 2.35. The molecular weight excluding hydrogens is 190 g/mol. The van der Waals surface area contributed by atoms with E-state index in [2.05, 4.69) is 11.8 Å². The Kier molecular flexibility index (Phi) is 2.57. The van der Waals surface area contributed by atoms with E-state index in [1.165, 1.54) is 51.4 Å². The molecule has 0 aromatic rings. The number of thioether (sulfide) groups is 1. The molecule has 2 aliphatic carbocycles. The van der Waals surface area contributed by atoms with Gasteiger partial charge in [0.2, 0.25) is 0 Å². The summed E-state index contributed by atoms with van der Waals surface area (Å²) in [5.41, 5.74) is 1.57. The lowest BCUT2D eigenvalue weighted by atomic mass is 9.92. The second-order valence-corrected chi connectivity index (χ2v) is 6.33. The Hall–Kier alpha value is 0.0200. The molecule has 0 aromatic carbocycles. The van der Waals surface area contributed by atoms with Gasteiger partial charge in [-0.3, -0.25) is 4.99 Å². The number of aliphatic imine (C=N–C) groups is 1. The van der Waals surface area contributed by atoms with E-state index in [1.807, 2.05) is 0 Å². The van der Waals surface area contributed by atoms with E-state index in [0.29, 0.717) is 6.04 Å². The van der Waals surface area contributed by atoms with E-state index in [4.69, 9.17) is 4.99 Å². The first-order chi connectivity index (χ1) is 6.93. The minimum Gasteiger partial charge on any atom is -0.288 e. The maximum absolute atomic E-state index is 5.02. The van der Waals surface area contributed by atoms with Gasteiger partial charge in [0.05, 0.1) is 6.04 Å². The van der Waals surface area contributed by atoms with E-state index < -0.39 is 0 Å². The van der Waals surface area contributed by atoms with Crippen molar-refractivity contribution >= 4 is 17.5 Å². The highest BCUT2D eigenvalue weighted by Crippen LogP contribution is 2.41. The van der Waals surface area contributed by atoms with E-state index in [9.17, 15) is 0 Å². The molecule has 2 fully saturated rings. The molecule has 78 valence electrons. The smallest absolute Gasteiger partial charge is 0.0618 e. The fourth-order valence-corrected chi connectivity index (χ4v) is 4.81.